The highest BCUT2D eigenvalue weighted by Gasteiger charge is 2.51. The number of unbranched alkanes of at least 4 members (excludes halogenated alkanes) is 1. The molecule has 1 aromatic rings. The second-order valence-corrected chi connectivity index (χ2v) is 11.9. The Morgan fingerprint density at radius 1 is 1.14 bits per heavy atom. The summed E-state index contributed by atoms with van der Waals surface area (Å²) >= 11 is 0. The molecule has 11 heteroatoms. The molecule has 11 nitrogen and oxygen atoms in total. The summed E-state index contributed by atoms with van der Waals surface area (Å²) in [7, 11) is 0. The van der Waals surface area contributed by atoms with E-state index in [-0.39, 0.29) is 24.2 Å². The number of carboxylic acid groups (broad SMARTS) is 1. The monoisotopic (exact) mass is 516 g/mol. The number of anilines is 1. The Hall–Kier alpha value is -2.66. The van der Waals surface area contributed by atoms with Gasteiger partial charge in [-0.05, 0) is 87.4 Å². The highest BCUT2D eigenvalue weighted by Crippen LogP contribution is 2.59. The van der Waals surface area contributed by atoms with Crippen LogP contribution in [-0.4, -0.2) is 64.1 Å². The summed E-state index contributed by atoms with van der Waals surface area (Å²) in [5, 5.41) is 19.2. The summed E-state index contributed by atoms with van der Waals surface area (Å²) in [4.78, 5) is 50.9. The first-order valence-electron chi connectivity index (χ1n) is 13.8. The number of aromatic nitrogens is 2. The Kier molecular flexibility index (Phi) is 7.71. The van der Waals surface area contributed by atoms with Crippen LogP contribution in [0.3, 0.4) is 0 Å². The van der Waals surface area contributed by atoms with Crippen LogP contribution in [0.5, 0.6) is 0 Å². The van der Waals surface area contributed by atoms with Crippen LogP contribution in [0.2, 0.25) is 0 Å². The summed E-state index contributed by atoms with van der Waals surface area (Å²) in [6.45, 7) is 1.57. The number of imidazole rings is 1. The number of aliphatic carboxylic acids is 1. The Morgan fingerprint density at radius 3 is 2.46 bits per heavy atom. The van der Waals surface area contributed by atoms with Crippen LogP contribution in [0.15, 0.2) is 12.4 Å². The van der Waals surface area contributed by atoms with E-state index in [1.54, 1.807) is 12.4 Å². The highest BCUT2D eigenvalue weighted by atomic mass is 16.7. The largest absolute Gasteiger partial charge is 0.479 e. The molecule has 6 rings (SSSR count). The van der Waals surface area contributed by atoms with Gasteiger partial charge in [0.1, 0.15) is 11.6 Å². The quantitative estimate of drug-likeness (QED) is 0.217. The number of rotatable bonds is 13. The molecule has 37 heavy (non-hydrogen) atoms. The summed E-state index contributed by atoms with van der Waals surface area (Å²) in [5.41, 5.74) is 1.11. The van der Waals surface area contributed by atoms with E-state index < -0.39 is 23.5 Å². The molecule has 0 aromatic carbocycles. The molecule has 2 amide bonds. The van der Waals surface area contributed by atoms with Crippen LogP contribution < -0.4 is 21.4 Å². The molecule has 6 N–H and O–H groups in total. The Balaban J connectivity index is 1.20. The number of nitrogens with zero attached hydrogens (tertiary/aromatic N) is 1. The average molecular weight is 517 g/mol. The standard InChI is InChI=1S/C26H40N6O5/c33-21(30-16-25-12-17-9-18(13-25)11-19(10-17)14-25)15-26(23(35)36,31-22(34)20-3-8-37-32-20)4-1-2-5-27-24-28-6-7-29-24/h6-7,17-20,32H,1-5,8-16H2,(H,30,33)(H,31,34)(H,35,36)(H2,27,28,29). The van der Waals surface area contributed by atoms with Crippen molar-refractivity contribution < 1.29 is 24.3 Å². The van der Waals surface area contributed by atoms with Crippen molar-refractivity contribution in [2.75, 3.05) is 25.0 Å². The number of H-pyrrole nitrogens is 1. The first-order valence-corrected chi connectivity index (χ1v) is 13.8. The number of hydrogen-bond donors (Lipinski definition) is 6. The Morgan fingerprint density at radius 2 is 1.86 bits per heavy atom. The fourth-order valence-electron chi connectivity index (χ4n) is 7.58. The molecule has 204 valence electrons. The molecular formula is C26H40N6O5. The van der Waals surface area contributed by atoms with Crippen molar-refractivity contribution in [3.05, 3.63) is 12.4 Å². The lowest BCUT2D eigenvalue weighted by atomic mass is 9.49. The van der Waals surface area contributed by atoms with Crippen molar-refractivity contribution in [1.82, 2.24) is 26.1 Å². The van der Waals surface area contributed by atoms with Crippen molar-refractivity contribution in [1.29, 1.82) is 0 Å². The average Bonchev–Trinajstić information content (AvgIpc) is 3.56. The van der Waals surface area contributed by atoms with Crippen LogP contribution in [0.25, 0.3) is 0 Å². The molecule has 4 bridgehead atoms. The van der Waals surface area contributed by atoms with E-state index in [9.17, 15) is 19.5 Å². The van der Waals surface area contributed by atoms with Crippen molar-refractivity contribution in [2.24, 2.45) is 23.2 Å². The molecule has 0 radical (unpaired) electrons. The smallest absolute Gasteiger partial charge is 0.329 e. The van der Waals surface area contributed by atoms with E-state index in [4.69, 9.17) is 4.84 Å². The van der Waals surface area contributed by atoms with Crippen LogP contribution in [0.1, 0.15) is 70.6 Å². The number of hydrogen-bond acceptors (Lipinski definition) is 7. The summed E-state index contributed by atoms with van der Waals surface area (Å²) < 4.78 is 0. The second kappa shape index (κ2) is 11.0. The van der Waals surface area contributed by atoms with Gasteiger partial charge in [0.15, 0.2) is 5.95 Å². The number of nitrogens with one attached hydrogen (secondary N) is 5. The van der Waals surface area contributed by atoms with Crippen LogP contribution in [0, 0.1) is 23.2 Å². The third-order valence-electron chi connectivity index (χ3n) is 8.93. The van der Waals surface area contributed by atoms with Crippen molar-refractivity contribution >= 4 is 23.7 Å². The van der Waals surface area contributed by atoms with Crippen molar-refractivity contribution in [2.45, 2.75) is 82.2 Å². The number of carboxylic acids is 1. The van der Waals surface area contributed by atoms with Crippen molar-refractivity contribution in [3.8, 4) is 0 Å². The fraction of sp³-hybridized carbons (Fsp3) is 0.769. The van der Waals surface area contributed by atoms with Gasteiger partial charge >= 0.3 is 5.97 Å². The molecular weight excluding hydrogens is 476 g/mol. The lowest BCUT2D eigenvalue weighted by molar-refractivity contribution is -0.151. The molecule has 2 unspecified atom stereocenters. The maximum Gasteiger partial charge on any atom is 0.329 e. The zero-order chi connectivity index (χ0) is 25.9. The van der Waals surface area contributed by atoms with E-state index in [0.717, 1.165) is 37.0 Å². The minimum atomic E-state index is -1.68. The number of aromatic amines is 1. The maximum absolute atomic E-state index is 13.2. The molecule has 4 saturated carbocycles. The molecule has 0 spiro atoms. The molecule has 5 aliphatic rings. The van der Waals surface area contributed by atoms with E-state index >= 15 is 0 Å². The van der Waals surface area contributed by atoms with Gasteiger partial charge in [-0.2, -0.15) is 5.48 Å². The number of amides is 2. The van der Waals surface area contributed by atoms with Gasteiger partial charge < -0.3 is 30.9 Å². The third kappa shape index (κ3) is 6.09. The van der Waals surface area contributed by atoms with Gasteiger partial charge in [-0.3, -0.25) is 9.59 Å². The van der Waals surface area contributed by atoms with Gasteiger partial charge in [-0.1, -0.05) is 0 Å². The van der Waals surface area contributed by atoms with Gasteiger partial charge in [0.2, 0.25) is 11.8 Å². The molecule has 1 aliphatic heterocycles. The number of carbonyl (C=O) groups is 3. The minimum Gasteiger partial charge on any atom is -0.479 e. The summed E-state index contributed by atoms with van der Waals surface area (Å²) in [6, 6.07) is -0.630. The summed E-state index contributed by atoms with van der Waals surface area (Å²) in [5.74, 6) is 1.01. The van der Waals surface area contributed by atoms with Gasteiger partial charge in [-0.25, -0.2) is 9.78 Å². The van der Waals surface area contributed by atoms with Crippen LogP contribution in [-0.2, 0) is 19.2 Å². The Bertz CT molecular complexity index is 927. The lowest BCUT2D eigenvalue weighted by Gasteiger charge is -2.57. The van der Waals surface area contributed by atoms with Gasteiger partial charge in [-0.15, -0.1) is 0 Å². The number of carbonyl (C=O) groups excluding carboxylic acids is 2. The van der Waals surface area contributed by atoms with E-state index in [2.05, 4.69) is 31.4 Å². The van der Waals surface area contributed by atoms with Crippen LogP contribution in [0.4, 0.5) is 5.95 Å². The van der Waals surface area contributed by atoms with Gasteiger partial charge in [0.05, 0.1) is 13.0 Å². The number of hydroxylamine groups is 1. The Labute approximate surface area is 217 Å². The van der Waals surface area contributed by atoms with E-state index in [1.165, 1.54) is 19.3 Å². The maximum atomic E-state index is 13.2. The summed E-state index contributed by atoms with van der Waals surface area (Å²) in [6.07, 6.45) is 12.3. The third-order valence-corrected chi connectivity index (χ3v) is 8.93. The molecule has 1 saturated heterocycles. The molecule has 2 heterocycles. The molecule has 2 atom stereocenters. The first-order chi connectivity index (χ1) is 17.8. The topological polar surface area (TPSA) is 157 Å². The van der Waals surface area contributed by atoms with Crippen molar-refractivity contribution in [3.63, 3.8) is 0 Å². The highest BCUT2D eigenvalue weighted by molar-refractivity contribution is 5.93. The lowest BCUT2D eigenvalue weighted by Crippen LogP contribution is -2.60. The normalized spacial score (nSPS) is 31.6. The van der Waals surface area contributed by atoms with Crippen LogP contribution >= 0.6 is 0 Å². The van der Waals surface area contributed by atoms with Gasteiger partial charge in [0, 0.05) is 25.5 Å². The molecule has 4 aliphatic carbocycles. The zero-order valence-electron chi connectivity index (χ0n) is 21.4. The predicted molar refractivity (Wildman–Crippen MR) is 135 cm³/mol. The van der Waals surface area contributed by atoms with E-state index in [1.807, 2.05) is 0 Å². The molecule has 1 aromatic heterocycles. The molecule has 5 fully saturated rings. The minimum absolute atomic E-state index is 0.145. The SMILES string of the molecule is O=C(CC(CCCCNc1ncc[nH]1)(NC(=O)C1CCON1)C(=O)O)NCC12CC3CC(CC(C3)C1)C2. The fourth-order valence-corrected chi connectivity index (χ4v) is 7.58. The second-order valence-electron chi connectivity index (χ2n) is 11.9. The van der Waals surface area contributed by atoms with Gasteiger partial charge in [0.25, 0.3) is 0 Å². The van der Waals surface area contributed by atoms with E-state index in [0.29, 0.717) is 44.9 Å². The first kappa shape index (κ1) is 26.0. The predicted octanol–water partition coefficient (Wildman–Crippen LogP) is 1.95. The zero-order valence-corrected chi connectivity index (χ0v) is 21.4.